The summed E-state index contributed by atoms with van der Waals surface area (Å²) < 4.78 is 5.58. The number of nitro benzene ring substituents is 1. The third-order valence-electron chi connectivity index (χ3n) is 3.06. The average Bonchev–Trinajstić information content (AvgIpc) is 3.00. The van der Waals surface area contributed by atoms with E-state index in [0.717, 1.165) is 0 Å². The third-order valence-corrected chi connectivity index (χ3v) is 3.06. The van der Waals surface area contributed by atoms with Crippen molar-refractivity contribution in [3.8, 4) is 17.4 Å². The number of rotatable bonds is 5. The van der Waals surface area contributed by atoms with Gasteiger partial charge in [0.25, 0.3) is 11.6 Å². The normalized spacial score (nSPS) is 11.2. The Balaban J connectivity index is 2.23. The number of benzene rings is 1. The van der Waals surface area contributed by atoms with Gasteiger partial charge in [0.1, 0.15) is 23.2 Å². The largest absolute Gasteiger partial charge is 0.457 e. The van der Waals surface area contributed by atoms with Crippen LogP contribution in [0.1, 0.15) is 19.6 Å². The topological polar surface area (TPSA) is 109 Å². The Morgan fingerprint density at radius 3 is 2.50 bits per heavy atom. The van der Waals surface area contributed by atoms with E-state index in [-0.39, 0.29) is 17.3 Å². The fourth-order valence-electron chi connectivity index (χ4n) is 1.96. The second-order valence-corrected chi connectivity index (χ2v) is 5.30. The molecule has 2 aromatic rings. The monoisotopic (exact) mass is 325 g/mol. The Hall–Kier alpha value is -3.40. The smallest absolute Gasteiger partial charge is 0.269 e. The molecule has 0 unspecified atom stereocenters. The number of hydrogen-bond acceptors (Lipinski definition) is 5. The van der Waals surface area contributed by atoms with Crippen molar-refractivity contribution in [2.45, 2.75) is 19.9 Å². The first-order chi connectivity index (χ1) is 11.4. The van der Waals surface area contributed by atoms with Gasteiger partial charge in [0.15, 0.2) is 0 Å². The van der Waals surface area contributed by atoms with E-state index in [1.54, 1.807) is 38.1 Å². The molecule has 2 rings (SSSR count). The average molecular weight is 325 g/mol. The summed E-state index contributed by atoms with van der Waals surface area (Å²) in [4.78, 5) is 22.0. The number of carbonyl (C=O) groups is 1. The van der Waals surface area contributed by atoms with Crippen LogP contribution < -0.4 is 5.32 Å². The SMILES string of the molecule is CC(C)NC(=O)/C(C#N)=C/c1ccc(-c2ccc([N+](=O)[O-])cc2)o1. The van der Waals surface area contributed by atoms with Gasteiger partial charge in [-0.1, -0.05) is 0 Å². The molecule has 0 saturated carbocycles. The molecule has 1 aromatic heterocycles. The van der Waals surface area contributed by atoms with Gasteiger partial charge < -0.3 is 9.73 Å². The Bertz CT molecular complexity index is 826. The Kier molecular flexibility index (Phi) is 5.12. The maximum Gasteiger partial charge on any atom is 0.269 e. The highest BCUT2D eigenvalue weighted by Crippen LogP contribution is 2.25. The number of hydrogen-bond donors (Lipinski definition) is 1. The lowest BCUT2D eigenvalue weighted by Crippen LogP contribution is -2.30. The molecular weight excluding hydrogens is 310 g/mol. The van der Waals surface area contributed by atoms with Crippen LogP contribution in [0.2, 0.25) is 0 Å². The molecule has 1 heterocycles. The minimum atomic E-state index is -0.480. The molecule has 24 heavy (non-hydrogen) atoms. The summed E-state index contributed by atoms with van der Waals surface area (Å²) in [5, 5.41) is 22.4. The van der Waals surface area contributed by atoms with Crippen LogP contribution in [-0.4, -0.2) is 16.9 Å². The zero-order chi connectivity index (χ0) is 17.7. The molecule has 0 saturated heterocycles. The van der Waals surface area contributed by atoms with Crippen molar-refractivity contribution in [2.24, 2.45) is 0 Å². The maximum atomic E-state index is 11.9. The maximum absolute atomic E-state index is 11.9. The summed E-state index contributed by atoms with van der Waals surface area (Å²) >= 11 is 0. The van der Waals surface area contributed by atoms with Gasteiger partial charge in [-0.25, -0.2) is 0 Å². The molecule has 0 bridgehead atoms. The zero-order valence-electron chi connectivity index (χ0n) is 13.1. The first kappa shape index (κ1) is 17.0. The van der Waals surface area contributed by atoms with E-state index in [4.69, 9.17) is 9.68 Å². The van der Waals surface area contributed by atoms with Crippen LogP contribution in [0.25, 0.3) is 17.4 Å². The molecule has 0 atom stereocenters. The van der Waals surface area contributed by atoms with Gasteiger partial charge in [-0.2, -0.15) is 5.26 Å². The van der Waals surface area contributed by atoms with Gasteiger partial charge in [0.05, 0.1) is 4.92 Å². The van der Waals surface area contributed by atoms with Crippen LogP contribution >= 0.6 is 0 Å². The Labute approximate surface area is 138 Å². The lowest BCUT2D eigenvalue weighted by atomic mass is 10.1. The van der Waals surface area contributed by atoms with Gasteiger partial charge in [0.2, 0.25) is 0 Å². The van der Waals surface area contributed by atoms with E-state index in [1.807, 2.05) is 6.07 Å². The summed E-state index contributed by atoms with van der Waals surface area (Å²) in [6.07, 6.45) is 1.35. The first-order valence-electron chi connectivity index (χ1n) is 7.18. The number of nitrogens with zero attached hydrogens (tertiary/aromatic N) is 2. The predicted molar refractivity (Wildman–Crippen MR) is 87.7 cm³/mol. The number of nitro groups is 1. The summed E-state index contributed by atoms with van der Waals surface area (Å²) in [6.45, 7) is 3.60. The van der Waals surface area contributed by atoms with Crippen molar-refractivity contribution in [2.75, 3.05) is 0 Å². The van der Waals surface area contributed by atoms with Gasteiger partial charge in [-0.3, -0.25) is 14.9 Å². The van der Waals surface area contributed by atoms with E-state index >= 15 is 0 Å². The molecule has 0 fully saturated rings. The molecule has 7 heteroatoms. The van der Waals surface area contributed by atoms with Crippen LogP contribution in [0.5, 0.6) is 0 Å². The molecule has 1 amide bonds. The molecule has 0 radical (unpaired) electrons. The number of carbonyl (C=O) groups excluding carboxylic acids is 1. The number of nitrogens with one attached hydrogen (secondary N) is 1. The molecule has 0 aliphatic carbocycles. The van der Waals surface area contributed by atoms with Gasteiger partial charge >= 0.3 is 0 Å². The second-order valence-electron chi connectivity index (χ2n) is 5.30. The fourth-order valence-corrected chi connectivity index (χ4v) is 1.96. The van der Waals surface area contributed by atoms with Gasteiger partial charge in [0, 0.05) is 29.8 Å². The van der Waals surface area contributed by atoms with Crippen molar-refractivity contribution in [3.05, 3.63) is 57.8 Å². The molecule has 0 aliphatic rings. The quantitative estimate of drug-likeness (QED) is 0.392. The number of furan rings is 1. The zero-order valence-corrected chi connectivity index (χ0v) is 13.1. The summed E-state index contributed by atoms with van der Waals surface area (Å²) in [5.74, 6) is 0.359. The number of amides is 1. The van der Waals surface area contributed by atoms with Crippen molar-refractivity contribution in [1.29, 1.82) is 5.26 Å². The van der Waals surface area contributed by atoms with Crippen molar-refractivity contribution < 1.29 is 14.1 Å². The summed E-state index contributed by atoms with van der Waals surface area (Å²) in [7, 11) is 0. The van der Waals surface area contributed by atoms with Crippen molar-refractivity contribution in [1.82, 2.24) is 5.32 Å². The number of non-ortho nitro benzene ring substituents is 1. The van der Waals surface area contributed by atoms with Crippen LogP contribution in [0.15, 0.2) is 46.4 Å². The molecule has 0 aliphatic heterocycles. The predicted octanol–water partition coefficient (Wildman–Crippen LogP) is 3.29. The van der Waals surface area contributed by atoms with E-state index < -0.39 is 10.8 Å². The molecule has 1 N–H and O–H groups in total. The third kappa shape index (κ3) is 4.08. The lowest BCUT2D eigenvalue weighted by molar-refractivity contribution is -0.384. The molecule has 1 aromatic carbocycles. The van der Waals surface area contributed by atoms with Crippen molar-refractivity contribution >= 4 is 17.7 Å². The number of nitriles is 1. The first-order valence-corrected chi connectivity index (χ1v) is 7.18. The van der Waals surface area contributed by atoms with Crippen molar-refractivity contribution in [3.63, 3.8) is 0 Å². The highest BCUT2D eigenvalue weighted by molar-refractivity contribution is 6.01. The highest BCUT2D eigenvalue weighted by Gasteiger charge is 2.12. The summed E-state index contributed by atoms with van der Waals surface area (Å²) in [6, 6.07) is 10.9. The minimum absolute atomic E-state index is 0.0115. The van der Waals surface area contributed by atoms with Gasteiger partial charge in [-0.05, 0) is 38.1 Å². The lowest BCUT2D eigenvalue weighted by Gasteiger charge is -2.06. The minimum Gasteiger partial charge on any atom is -0.457 e. The van der Waals surface area contributed by atoms with E-state index in [2.05, 4.69) is 5.32 Å². The van der Waals surface area contributed by atoms with Gasteiger partial charge in [-0.15, -0.1) is 0 Å². The van der Waals surface area contributed by atoms with Crippen LogP contribution in [-0.2, 0) is 4.79 Å². The highest BCUT2D eigenvalue weighted by atomic mass is 16.6. The van der Waals surface area contributed by atoms with E-state index in [9.17, 15) is 14.9 Å². The molecule has 7 nitrogen and oxygen atoms in total. The molecule has 0 spiro atoms. The fraction of sp³-hybridized carbons (Fsp3) is 0.176. The molecular formula is C17H15N3O4. The second kappa shape index (κ2) is 7.24. The Morgan fingerprint density at radius 2 is 1.96 bits per heavy atom. The van der Waals surface area contributed by atoms with Crippen LogP contribution in [0.3, 0.4) is 0 Å². The van der Waals surface area contributed by atoms with Crippen LogP contribution in [0.4, 0.5) is 5.69 Å². The van der Waals surface area contributed by atoms with E-state index in [1.165, 1.54) is 18.2 Å². The summed E-state index contributed by atoms with van der Waals surface area (Å²) in [5.41, 5.74) is 0.584. The van der Waals surface area contributed by atoms with E-state index in [0.29, 0.717) is 17.1 Å². The van der Waals surface area contributed by atoms with Crippen LogP contribution in [0, 0.1) is 21.4 Å². The Morgan fingerprint density at radius 1 is 1.29 bits per heavy atom. The standard InChI is InChI=1S/C17H15N3O4/c1-11(2)19-17(21)13(10-18)9-15-7-8-16(24-15)12-3-5-14(6-4-12)20(22)23/h3-9,11H,1-2H3,(H,19,21)/b13-9+. The molecule has 122 valence electrons.